The predicted molar refractivity (Wildman–Crippen MR) is 62.6 cm³/mol. The SMILES string of the molecule is CC(N)C(=O)NC(CC=CC(N)C(=O)O)C(=O)O. The molecule has 0 aliphatic carbocycles. The highest BCUT2D eigenvalue weighted by Gasteiger charge is 2.20. The Morgan fingerprint density at radius 3 is 2.17 bits per heavy atom. The zero-order valence-electron chi connectivity index (χ0n) is 9.87. The first-order chi connectivity index (χ1) is 8.25. The normalized spacial score (nSPS) is 15.9. The van der Waals surface area contributed by atoms with Gasteiger partial charge in [0.2, 0.25) is 5.91 Å². The van der Waals surface area contributed by atoms with Crippen LogP contribution in [0.5, 0.6) is 0 Å². The molecule has 0 aromatic carbocycles. The van der Waals surface area contributed by atoms with E-state index in [0.717, 1.165) is 6.08 Å². The molecule has 7 N–H and O–H groups in total. The molecular weight excluding hydrogens is 242 g/mol. The number of carboxylic acid groups (broad SMARTS) is 2. The maximum absolute atomic E-state index is 11.2. The standard InChI is InChI=1S/C10H17N3O5/c1-5(11)8(14)13-7(10(17)18)4-2-3-6(12)9(15)16/h2-3,5-7H,4,11-12H2,1H3,(H,13,14)(H,15,16)(H,17,18). The van der Waals surface area contributed by atoms with Crippen molar-refractivity contribution >= 4 is 17.8 Å². The van der Waals surface area contributed by atoms with Crippen LogP contribution in [0.3, 0.4) is 0 Å². The van der Waals surface area contributed by atoms with E-state index in [4.69, 9.17) is 21.7 Å². The van der Waals surface area contributed by atoms with Crippen molar-refractivity contribution in [3.05, 3.63) is 12.2 Å². The molecule has 0 radical (unpaired) electrons. The van der Waals surface area contributed by atoms with Crippen molar-refractivity contribution < 1.29 is 24.6 Å². The van der Waals surface area contributed by atoms with Crippen LogP contribution in [0.1, 0.15) is 13.3 Å². The van der Waals surface area contributed by atoms with Gasteiger partial charge >= 0.3 is 11.9 Å². The summed E-state index contributed by atoms with van der Waals surface area (Å²) in [5, 5.41) is 19.6. The van der Waals surface area contributed by atoms with Crippen LogP contribution in [0.25, 0.3) is 0 Å². The van der Waals surface area contributed by atoms with Crippen LogP contribution < -0.4 is 16.8 Å². The first-order valence-electron chi connectivity index (χ1n) is 5.19. The zero-order valence-corrected chi connectivity index (χ0v) is 9.87. The number of nitrogens with two attached hydrogens (primary N) is 2. The topological polar surface area (TPSA) is 156 Å². The molecule has 102 valence electrons. The molecule has 1 amide bonds. The number of nitrogens with one attached hydrogen (secondary N) is 1. The molecule has 0 aliphatic heterocycles. The predicted octanol–water partition coefficient (Wildman–Crippen LogP) is -1.74. The smallest absolute Gasteiger partial charge is 0.326 e. The first kappa shape index (κ1) is 16.1. The lowest BCUT2D eigenvalue weighted by Gasteiger charge is -2.14. The van der Waals surface area contributed by atoms with E-state index in [1.807, 2.05) is 0 Å². The van der Waals surface area contributed by atoms with E-state index < -0.39 is 36.0 Å². The van der Waals surface area contributed by atoms with E-state index in [-0.39, 0.29) is 6.42 Å². The van der Waals surface area contributed by atoms with Crippen LogP contribution in [0, 0.1) is 0 Å². The Bertz CT molecular complexity index is 353. The summed E-state index contributed by atoms with van der Waals surface area (Å²) in [5.41, 5.74) is 10.5. The molecule has 0 spiro atoms. The number of rotatable bonds is 7. The molecule has 0 aromatic rings. The van der Waals surface area contributed by atoms with Crippen LogP contribution in [0.4, 0.5) is 0 Å². The summed E-state index contributed by atoms with van der Waals surface area (Å²) < 4.78 is 0. The second-order valence-electron chi connectivity index (χ2n) is 3.72. The monoisotopic (exact) mass is 259 g/mol. The van der Waals surface area contributed by atoms with Crippen molar-refractivity contribution in [2.45, 2.75) is 31.5 Å². The number of hydrogen-bond donors (Lipinski definition) is 5. The Balaban J connectivity index is 4.43. The lowest BCUT2D eigenvalue weighted by molar-refractivity contribution is -0.141. The summed E-state index contributed by atoms with van der Waals surface area (Å²) in [6.07, 6.45) is 2.37. The van der Waals surface area contributed by atoms with E-state index in [2.05, 4.69) is 5.32 Å². The van der Waals surface area contributed by atoms with Crippen molar-refractivity contribution in [1.82, 2.24) is 5.32 Å². The second-order valence-corrected chi connectivity index (χ2v) is 3.72. The van der Waals surface area contributed by atoms with Gasteiger partial charge < -0.3 is 27.0 Å². The summed E-state index contributed by atoms with van der Waals surface area (Å²) in [6.45, 7) is 1.42. The number of hydrogen-bond acceptors (Lipinski definition) is 5. The number of carbonyl (C=O) groups excluding carboxylic acids is 1. The molecule has 0 aliphatic rings. The summed E-state index contributed by atoms with van der Waals surface area (Å²) >= 11 is 0. The average Bonchev–Trinajstić information content (AvgIpc) is 2.26. The molecule has 8 heteroatoms. The maximum Gasteiger partial charge on any atom is 0.326 e. The molecule has 0 heterocycles. The van der Waals surface area contributed by atoms with Gasteiger partial charge in [0.15, 0.2) is 0 Å². The highest BCUT2D eigenvalue weighted by Crippen LogP contribution is 1.97. The average molecular weight is 259 g/mol. The van der Waals surface area contributed by atoms with E-state index >= 15 is 0 Å². The van der Waals surface area contributed by atoms with Gasteiger partial charge in [0.25, 0.3) is 0 Å². The van der Waals surface area contributed by atoms with Crippen LogP contribution in [-0.4, -0.2) is 46.2 Å². The van der Waals surface area contributed by atoms with Crippen molar-refractivity contribution in [2.75, 3.05) is 0 Å². The van der Waals surface area contributed by atoms with Gasteiger partial charge in [-0.1, -0.05) is 12.2 Å². The lowest BCUT2D eigenvalue weighted by Crippen LogP contribution is -2.47. The summed E-state index contributed by atoms with van der Waals surface area (Å²) in [4.78, 5) is 32.4. The molecule has 3 unspecified atom stereocenters. The Kier molecular flexibility index (Phi) is 6.61. The van der Waals surface area contributed by atoms with Crippen LogP contribution in [-0.2, 0) is 14.4 Å². The quantitative estimate of drug-likeness (QED) is 0.340. The molecule has 0 saturated heterocycles. The van der Waals surface area contributed by atoms with E-state index in [1.54, 1.807) is 0 Å². The third kappa shape index (κ3) is 5.97. The number of aliphatic carboxylic acids is 2. The van der Waals surface area contributed by atoms with Gasteiger partial charge in [-0.3, -0.25) is 9.59 Å². The molecule has 0 saturated carbocycles. The Labute approximate surface area is 104 Å². The third-order valence-corrected chi connectivity index (χ3v) is 2.03. The summed E-state index contributed by atoms with van der Waals surface area (Å²) in [6, 6.07) is -3.19. The lowest BCUT2D eigenvalue weighted by atomic mass is 10.1. The van der Waals surface area contributed by atoms with Crippen LogP contribution in [0.15, 0.2) is 12.2 Å². The van der Waals surface area contributed by atoms with Crippen LogP contribution in [0.2, 0.25) is 0 Å². The minimum absolute atomic E-state index is 0.0746. The van der Waals surface area contributed by atoms with Gasteiger partial charge in [-0.25, -0.2) is 4.79 Å². The summed E-state index contributed by atoms with van der Waals surface area (Å²) in [5.74, 6) is -3.06. The van der Waals surface area contributed by atoms with Gasteiger partial charge in [-0.05, 0) is 13.3 Å². The van der Waals surface area contributed by atoms with Crippen molar-refractivity contribution in [1.29, 1.82) is 0 Å². The third-order valence-electron chi connectivity index (χ3n) is 2.03. The molecule has 0 bridgehead atoms. The molecule has 3 atom stereocenters. The molecule has 0 aromatic heterocycles. The van der Waals surface area contributed by atoms with Gasteiger partial charge in [0.05, 0.1) is 6.04 Å². The van der Waals surface area contributed by atoms with Crippen molar-refractivity contribution in [2.24, 2.45) is 11.5 Å². The highest BCUT2D eigenvalue weighted by molar-refractivity contribution is 5.86. The summed E-state index contributed by atoms with van der Waals surface area (Å²) in [7, 11) is 0. The van der Waals surface area contributed by atoms with Gasteiger partial charge in [0.1, 0.15) is 12.1 Å². The van der Waals surface area contributed by atoms with Crippen LogP contribution >= 0.6 is 0 Å². The molecule has 0 fully saturated rings. The Morgan fingerprint density at radius 1 is 1.22 bits per heavy atom. The fourth-order valence-electron chi connectivity index (χ4n) is 0.968. The van der Waals surface area contributed by atoms with Crippen molar-refractivity contribution in [3.63, 3.8) is 0 Å². The Hall–Kier alpha value is -1.93. The van der Waals surface area contributed by atoms with Gasteiger partial charge in [-0.15, -0.1) is 0 Å². The minimum atomic E-state index is -1.24. The van der Waals surface area contributed by atoms with E-state index in [1.165, 1.54) is 13.0 Å². The number of carboxylic acids is 2. The van der Waals surface area contributed by atoms with Gasteiger partial charge in [0, 0.05) is 0 Å². The largest absolute Gasteiger partial charge is 0.480 e. The Morgan fingerprint density at radius 2 is 1.78 bits per heavy atom. The second kappa shape index (κ2) is 7.41. The molecule has 8 nitrogen and oxygen atoms in total. The van der Waals surface area contributed by atoms with Crippen molar-refractivity contribution in [3.8, 4) is 0 Å². The minimum Gasteiger partial charge on any atom is -0.480 e. The molecular formula is C10H17N3O5. The highest BCUT2D eigenvalue weighted by atomic mass is 16.4. The van der Waals surface area contributed by atoms with E-state index in [0.29, 0.717) is 0 Å². The fourth-order valence-corrected chi connectivity index (χ4v) is 0.968. The fraction of sp³-hybridized carbons (Fsp3) is 0.500. The number of carbonyl (C=O) groups is 3. The van der Waals surface area contributed by atoms with E-state index in [9.17, 15) is 14.4 Å². The number of amides is 1. The zero-order chi connectivity index (χ0) is 14.3. The maximum atomic E-state index is 11.2. The first-order valence-corrected chi connectivity index (χ1v) is 5.19. The molecule has 18 heavy (non-hydrogen) atoms. The molecule has 0 rings (SSSR count). The van der Waals surface area contributed by atoms with Gasteiger partial charge in [-0.2, -0.15) is 0 Å².